The number of nitrogens with one attached hydrogen (secondary N) is 1. The smallest absolute Gasteiger partial charge is 0.320 e. The maximum atomic E-state index is 12.5. The van der Waals surface area contributed by atoms with Crippen LogP contribution in [-0.4, -0.2) is 43.8 Å². The molecule has 1 aliphatic rings. The number of carbonyl (C=O) groups is 1. The predicted molar refractivity (Wildman–Crippen MR) is 119 cm³/mol. The van der Waals surface area contributed by atoms with Gasteiger partial charge >= 0.3 is 6.03 Å². The number of aryl methyl sites for hydroxylation is 2. The van der Waals surface area contributed by atoms with Gasteiger partial charge in [0.05, 0.1) is 0 Å². The van der Waals surface area contributed by atoms with Crippen molar-refractivity contribution >= 4 is 11.7 Å². The minimum absolute atomic E-state index is 0.0164. The number of hydrogen-bond donors (Lipinski definition) is 1. The topological polar surface area (TPSA) is 44.8 Å². The molecule has 0 spiro atoms. The molecule has 156 valence electrons. The highest BCUT2D eigenvalue weighted by molar-refractivity contribution is 5.74. The summed E-state index contributed by atoms with van der Waals surface area (Å²) in [6, 6.07) is 14.6. The zero-order valence-electron chi connectivity index (χ0n) is 18.3. The molecule has 1 saturated heterocycles. The van der Waals surface area contributed by atoms with Gasteiger partial charge in [0, 0.05) is 31.9 Å². The van der Waals surface area contributed by atoms with Crippen LogP contribution in [-0.2, 0) is 5.41 Å². The maximum Gasteiger partial charge on any atom is 0.320 e. The van der Waals surface area contributed by atoms with Gasteiger partial charge in [0.2, 0.25) is 0 Å². The first kappa shape index (κ1) is 21.0. The molecule has 5 heteroatoms. The Balaban J connectivity index is 1.50. The van der Waals surface area contributed by atoms with E-state index in [-0.39, 0.29) is 18.2 Å². The summed E-state index contributed by atoms with van der Waals surface area (Å²) in [5, 5.41) is 2.90. The van der Waals surface area contributed by atoms with Crippen molar-refractivity contribution in [2.75, 3.05) is 37.8 Å². The average molecular weight is 396 g/mol. The van der Waals surface area contributed by atoms with Crippen LogP contribution in [0, 0.1) is 13.8 Å². The molecule has 0 atom stereocenters. The molecule has 1 heterocycles. The second-order valence-corrected chi connectivity index (χ2v) is 8.83. The van der Waals surface area contributed by atoms with Gasteiger partial charge in [-0.3, -0.25) is 0 Å². The summed E-state index contributed by atoms with van der Waals surface area (Å²) in [7, 11) is 0. The zero-order valence-corrected chi connectivity index (χ0v) is 18.3. The van der Waals surface area contributed by atoms with Crippen molar-refractivity contribution < 1.29 is 9.53 Å². The van der Waals surface area contributed by atoms with E-state index in [2.05, 4.69) is 75.2 Å². The van der Waals surface area contributed by atoms with E-state index in [1.54, 1.807) is 0 Å². The molecule has 0 saturated carbocycles. The second-order valence-electron chi connectivity index (χ2n) is 8.83. The van der Waals surface area contributed by atoms with Crippen LogP contribution in [0.5, 0.6) is 5.75 Å². The Morgan fingerprint density at radius 3 is 2.34 bits per heavy atom. The normalized spacial score (nSPS) is 14.7. The van der Waals surface area contributed by atoms with E-state index in [0.717, 1.165) is 24.4 Å². The third-order valence-electron chi connectivity index (χ3n) is 5.33. The quantitative estimate of drug-likeness (QED) is 0.777. The molecule has 0 radical (unpaired) electrons. The van der Waals surface area contributed by atoms with Crippen LogP contribution in [0.3, 0.4) is 0 Å². The first-order chi connectivity index (χ1) is 13.7. The van der Waals surface area contributed by atoms with Crippen LogP contribution in [0.25, 0.3) is 0 Å². The molecule has 3 rings (SSSR count). The summed E-state index contributed by atoms with van der Waals surface area (Å²) < 4.78 is 5.91. The molecule has 0 unspecified atom stereocenters. The van der Waals surface area contributed by atoms with Crippen molar-refractivity contribution in [1.29, 1.82) is 0 Å². The summed E-state index contributed by atoms with van der Waals surface area (Å²) in [5.74, 6) is 0.827. The summed E-state index contributed by atoms with van der Waals surface area (Å²) >= 11 is 0. The Morgan fingerprint density at radius 2 is 1.69 bits per heavy atom. The molecule has 29 heavy (non-hydrogen) atoms. The van der Waals surface area contributed by atoms with Crippen molar-refractivity contribution in [2.45, 2.75) is 40.0 Å². The van der Waals surface area contributed by atoms with E-state index < -0.39 is 0 Å². The van der Waals surface area contributed by atoms with Crippen molar-refractivity contribution in [3.05, 3.63) is 59.2 Å². The highest BCUT2D eigenvalue weighted by atomic mass is 16.5. The monoisotopic (exact) mass is 395 g/mol. The highest BCUT2D eigenvalue weighted by Gasteiger charge is 2.22. The van der Waals surface area contributed by atoms with Crippen molar-refractivity contribution in [3.8, 4) is 5.75 Å². The van der Waals surface area contributed by atoms with Gasteiger partial charge in [0.25, 0.3) is 0 Å². The number of nitrogens with zero attached hydrogens (tertiary/aromatic N) is 2. The molecule has 0 aromatic heterocycles. The Morgan fingerprint density at radius 1 is 1.00 bits per heavy atom. The van der Waals surface area contributed by atoms with E-state index in [4.69, 9.17) is 4.74 Å². The molecule has 5 nitrogen and oxygen atoms in total. The number of rotatable bonds is 4. The van der Waals surface area contributed by atoms with E-state index in [0.29, 0.717) is 13.1 Å². The lowest BCUT2D eigenvalue weighted by atomic mass is 9.85. The van der Waals surface area contributed by atoms with E-state index >= 15 is 0 Å². The third-order valence-corrected chi connectivity index (χ3v) is 5.33. The summed E-state index contributed by atoms with van der Waals surface area (Å²) in [4.78, 5) is 16.7. The standard InChI is InChI=1S/C24H33N3O2/c1-18-7-6-8-20(15-18)26-11-13-27(14-12-26)23(28)25-17-29-22-10-9-19(2)16-21(22)24(3,4)5/h6-10,15-16H,11-14,17H2,1-5H3,(H,25,28). The number of urea groups is 1. The number of hydrogen-bond acceptors (Lipinski definition) is 3. The van der Waals surface area contributed by atoms with E-state index in [9.17, 15) is 4.79 Å². The maximum absolute atomic E-state index is 12.5. The van der Waals surface area contributed by atoms with Gasteiger partial charge in [-0.05, 0) is 48.6 Å². The number of carbonyl (C=O) groups excluding carboxylic acids is 1. The molecule has 2 aromatic carbocycles. The Bertz CT molecular complexity index is 849. The van der Waals surface area contributed by atoms with Crippen LogP contribution < -0.4 is 15.0 Å². The highest BCUT2D eigenvalue weighted by Crippen LogP contribution is 2.32. The van der Waals surface area contributed by atoms with Crippen LogP contribution in [0.1, 0.15) is 37.5 Å². The molecule has 2 aromatic rings. The Kier molecular flexibility index (Phi) is 6.36. The first-order valence-electron chi connectivity index (χ1n) is 10.3. The lowest BCUT2D eigenvalue weighted by Gasteiger charge is -2.36. The van der Waals surface area contributed by atoms with Gasteiger partial charge in [-0.25, -0.2) is 4.79 Å². The van der Waals surface area contributed by atoms with Crippen molar-refractivity contribution in [2.24, 2.45) is 0 Å². The lowest BCUT2D eigenvalue weighted by Crippen LogP contribution is -2.52. The number of benzene rings is 2. The summed E-state index contributed by atoms with van der Waals surface area (Å²) in [5.41, 5.74) is 4.82. The van der Waals surface area contributed by atoms with Gasteiger partial charge in [0.15, 0.2) is 6.73 Å². The summed E-state index contributed by atoms with van der Waals surface area (Å²) in [6.45, 7) is 13.9. The van der Waals surface area contributed by atoms with Crippen LogP contribution in [0.15, 0.2) is 42.5 Å². The number of anilines is 1. The van der Waals surface area contributed by atoms with Crippen LogP contribution in [0.4, 0.5) is 10.5 Å². The minimum Gasteiger partial charge on any atom is -0.473 e. The fraction of sp³-hybridized carbons (Fsp3) is 0.458. The summed E-state index contributed by atoms with van der Waals surface area (Å²) in [6.07, 6.45) is 0. The molecular weight excluding hydrogens is 362 g/mol. The molecule has 2 amide bonds. The zero-order chi connectivity index (χ0) is 21.0. The van der Waals surface area contributed by atoms with Crippen LogP contribution >= 0.6 is 0 Å². The fourth-order valence-electron chi connectivity index (χ4n) is 3.64. The third kappa shape index (κ3) is 5.43. The van der Waals surface area contributed by atoms with Crippen molar-refractivity contribution in [1.82, 2.24) is 10.2 Å². The Labute approximate surface area is 174 Å². The molecule has 1 aliphatic heterocycles. The largest absolute Gasteiger partial charge is 0.473 e. The second kappa shape index (κ2) is 8.76. The van der Waals surface area contributed by atoms with E-state index in [1.807, 2.05) is 17.0 Å². The van der Waals surface area contributed by atoms with Gasteiger partial charge < -0.3 is 19.9 Å². The first-order valence-corrected chi connectivity index (χ1v) is 10.3. The number of amides is 2. The molecule has 1 fully saturated rings. The van der Waals surface area contributed by atoms with Gasteiger partial charge in [-0.1, -0.05) is 50.6 Å². The molecule has 0 aliphatic carbocycles. The SMILES string of the molecule is Cc1cccc(N2CCN(C(=O)NCOc3ccc(C)cc3C(C)(C)C)CC2)c1. The average Bonchev–Trinajstić information content (AvgIpc) is 2.68. The predicted octanol–water partition coefficient (Wildman–Crippen LogP) is 4.47. The van der Waals surface area contributed by atoms with E-state index in [1.165, 1.54) is 16.8 Å². The number of ether oxygens (including phenoxy) is 1. The molecular formula is C24H33N3O2. The molecule has 0 bridgehead atoms. The van der Waals surface area contributed by atoms with Gasteiger partial charge in [-0.2, -0.15) is 0 Å². The lowest BCUT2D eigenvalue weighted by molar-refractivity contribution is 0.181. The van der Waals surface area contributed by atoms with Crippen molar-refractivity contribution in [3.63, 3.8) is 0 Å². The Hall–Kier alpha value is -2.69. The minimum atomic E-state index is -0.0710. The van der Waals surface area contributed by atoms with Gasteiger partial charge in [0.1, 0.15) is 5.75 Å². The molecule has 1 N–H and O–H groups in total. The van der Waals surface area contributed by atoms with Gasteiger partial charge in [-0.15, -0.1) is 0 Å². The van der Waals surface area contributed by atoms with Crippen LogP contribution in [0.2, 0.25) is 0 Å². The number of piperazine rings is 1. The fourth-order valence-corrected chi connectivity index (χ4v) is 3.64.